The first-order valence-electron chi connectivity index (χ1n) is 7.77. The Bertz CT molecular complexity index is 919. The van der Waals surface area contributed by atoms with E-state index in [1.54, 1.807) is 4.68 Å². The summed E-state index contributed by atoms with van der Waals surface area (Å²) >= 11 is 1.47. The molecule has 1 fully saturated rings. The zero-order valence-corrected chi connectivity index (χ0v) is 14.5. The second-order valence-electron chi connectivity index (χ2n) is 6.02. The summed E-state index contributed by atoms with van der Waals surface area (Å²) in [5, 5.41) is 13.2. The average Bonchev–Trinajstić information content (AvgIpc) is 2.99. The van der Waals surface area contributed by atoms with Crippen LogP contribution in [0.25, 0.3) is 10.8 Å². The number of amides is 1. The van der Waals surface area contributed by atoms with Crippen LogP contribution in [0.4, 0.5) is 5.69 Å². The maximum Gasteiger partial charge on any atom is 0.270 e. The Hall–Kier alpha value is -2.48. The van der Waals surface area contributed by atoms with E-state index in [-0.39, 0.29) is 5.91 Å². The van der Waals surface area contributed by atoms with Crippen molar-refractivity contribution in [3.63, 3.8) is 0 Å². The molecular weight excluding hydrogens is 326 g/mol. The van der Waals surface area contributed by atoms with E-state index in [0.717, 1.165) is 29.2 Å². The molecule has 1 aliphatic rings. The second-order valence-corrected chi connectivity index (χ2v) is 6.94. The number of carbonyl (C=O) groups is 1. The number of hydrogen-bond donors (Lipinski definition) is 1. The molecule has 0 radical (unpaired) electrons. The van der Waals surface area contributed by atoms with Crippen LogP contribution in [-0.4, -0.2) is 25.8 Å². The number of carbonyl (C=O) groups excluding carboxylic acids is 1. The maximum absolute atomic E-state index is 12.6. The second kappa shape index (κ2) is 5.55. The van der Waals surface area contributed by atoms with Gasteiger partial charge in [0, 0.05) is 18.7 Å². The summed E-state index contributed by atoms with van der Waals surface area (Å²) in [4.78, 5) is 17.9. The van der Waals surface area contributed by atoms with Gasteiger partial charge in [-0.25, -0.2) is 0 Å². The first kappa shape index (κ1) is 15.1. The molecular formula is C16H17N5O2S. The summed E-state index contributed by atoms with van der Waals surface area (Å²) in [5.74, 6) is 1.47. The van der Waals surface area contributed by atoms with Crippen molar-refractivity contribution < 1.29 is 9.32 Å². The van der Waals surface area contributed by atoms with E-state index in [1.807, 2.05) is 32.3 Å². The molecule has 1 N–H and O–H groups in total. The van der Waals surface area contributed by atoms with E-state index in [9.17, 15) is 4.79 Å². The van der Waals surface area contributed by atoms with Crippen molar-refractivity contribution in [3.8, 4) is 10.8 Å². The Balaban J connectivity index is 1.61. The quantitative estimate of drug-likeness (QED) is 0.785. The lowest BCUT2D eigenvalue weighted by Gasteiger charge is -2.05. The molecule has 0 spiro atoms. The Morgan fingerprint density at radius 2 is 2.21 bits per heavy atom. The highest BCUT2D eigenvalue weighted by Crippen LogP contribution is 2.40. The van der Waals surface area contributed by atoms with E-state index in [4.69, 9.17) is 4.52 Å². The third-order valence-electron chi connectivity index (χ3n) is 4.23. The van der Waals surface area contributed by atoms with Crippen LogP contribution in [0.2, 0.25) is 0 Å². The molecule has 3 heterocycles. The average molecular weight is 343 g/mol. The molecule has 3 aromatic rings. The van der Waals surface area contributed by atoms with Crippen LogP contribution in [0.5, 0.6) is 0 Å². The van der Waals surface area contributed by atoms with Gasteiger partial charge in [-0.15, -0.1) is 11.3 Å². The topological polar surface area (TPSA) is 85.8 Å². The fraction of sp³-hybridized carbons (Fsp3) is 0.375. The zero-order valence-electron chi connectivity index (χ0n) is 13.7. The first-order valence-corrected chi connectivity index (χ1v) is 8.65. The Morgan fingerprint density at radius 1 is 1.42 bits per heavy atom. The summed E-state index contributed by atoms with van der Waals surface area (Å²) in [6.07, 6.45) is 2.24. The van der Waals surface area contributed by atoms with Crippen LogP contribution in [0.15, 0.2) is 16.0 Å². The van der Waals surface area contributed by atoms with Gasteiger partial charge in [-0.2, -0.15) is 10.1 Å². The third kappa shape index (κ3) is 2.52. The summed E-state index contributed by atoms with van der Waals surface area (Å²) in [6.45, 7) is 3.71. The number of aryl methyl sites for hydroxylation is 2. The van der Waals surface area contributed by atoms with Crippen LogP contribution in [0.3, 0.4) is 0 Å². The van der Waals surface area contributed by atoms with Gasteiger partial charge in [0.2, 0.25) is 0 Å². The van der Waals surface area contributed by atoms with Gasteiger partial charge < -0.3 is 9.84 Å². The van der Waals surface area contributed by atoms with Crippen molar-refractivity contribution >= 4 is 22.9 Å². The number of nitrogens with one attached hydrogen (secondary N) is 1. The van der Waals surface area contributed by atoms with Crippen molar-refractivity contribution in [3.05, 3.63) is 34.2 Å². The molecule has 1 amide bonds. The monoisotopic (exact) mass is 343 g/mol. The Labute approximate surface area is 142 Å². The Morgan fingerprint density at radius 3 is 2.88 bits per heavy atom. The molecule has 7 nitrogen and oxygen atoms in total. The molecule has 0 bridgehead atoms. The standard InChI is InChI=1S/C16H17N5O2S/c1-8-12(9(2)21(3)19-8)15(22)17-11-6-7-24-13(11)16-18-14(20-23-16)10-4-5-10/h6-7,10H,4-5H2,1-3H3,(H,17,22). The van der Waals surface area contributed by atoms with E-state index in [1.165, 1.54) is 11.3 Å². The first-order chi connectivity index (χ1) is 11.5. The van der Waals surface area contributed by atoms with Crippen molar-refractivity contribution in [1.82, 2.24) is 19.9 Å². The van der Waals surface area contributed by atoms with Crippen molar-refractivity contribution in [2.24, 2.45) is 7.05 Å². The lowest BCUT2D eigenvalue weighted by atomic mass is 10.2. The van der Waals surface area contributed by atoms with Crippen molar-refractivity contribution in [2.45, 2.75) is 32.6 Å². The molecule has 0 unspecified atom stereocenters. The third-order valence-corrected chi connectivity index (χ3v) is 5.13. The van der Waals surface area contributed by atoms with Gasteiger partial charge >= 0.3 is 0 Å². The molecule has 8 heteroatoms. The molecule has 0 saturated heterocycles. The highest BCUT2D eigenvalue weighted by Gasteiger charge is 2.29. The zero-order chi connectivity index (χ0) is 16.8. The van der Waals surface area contributed by atoms with Gasteiger partial charge in [-0.05, 0) is 38.1 Å². The normalized spacial score (nSPS) is 14.1. The largest absolute Gasteiger partial charge is 0.333 e. The molecule has 4 rings (SSSR count). The number of nitrogens with zero attached hydrogens (tertiary/aromatic N) is 4. The van der Waals surface area contributed by atoms with Crippen LogP contribution in [-0.2, 0) is 7.05 Å². The van der Waals surface area contributed by atoms with Crippen molar-refractivity contribution in [1.29, 1.82) is 0 Å². The fourth-order valence-corrected chi connectivity index (χ4v) is 3.46. The summed E-state index contributed by atoms with van der Waals surface area (Å²) in [7, 11) is 1.83. The summed E-state index contributed by atoms with van der Waals surface area (Å²) in [5.41, 5.74) is 2.81. The Kier molecular flexibility index (Phi) is 3.49. The minimum absolute atomic E-state index is 0.181. The van der Waals surface area contributed by atoms with E-state index in [0.29, 0.717) is 28.8 Å². The fourth-order valence-electron chi connectivity index (χ4n) is 2.69. The molecule has 124 valence electrons. The van der Waals surface area contributed by atoms with Gasteiger partial charge in [0.15, 0.2) is 5.82 Å². The minimum Gasteiger partial charge on any atom is -0.333 e. The van der Waals surface area contributed by atoms with E-state index >= 15 is 0 Å². The van der Waals surface area contributed by atoms with E-state index < -0.39 is 0 Å². The highest BCUT2D eigenvalue weighted by molar-refractivity contribution is 7.14. The molecule has 0 aromatic carbocycles. The molecule has 3 aromatic heterocycles. The van der Waals surface area contributed by atoms with Gasteiger partial charge in [-0.3, -0.25) is 9.48 Å². The van der Waals surface area contributed by atoms with Crippen LogP contribution >= 0.6 is 11.3 Å². The number of aromatic nitrogens is 4. The van der Waals surface area contributed by atoms with Gasteiger partial charge in [-0.1, -0.05) is 5.16 Å². The van der Waals surface area contributed by atoms with Gasteiger partial charge in [0.1, 0.15) is 4.88 Å². The minimum atomic E-state index is -0.181. The number of anilines is 1. The highest BCUT2D eigenvalue weighted by atomic mass is 32.1. The number of hydrogen-bond acceptors (Lipinski definition) is 6. The van der Waals surface area contributed by atoms with Gasteiger partial charge in [0.25, 0.3) is 11.8 Å². The summed E-state index contributed by atoms with van der Waals surface area (Å²) < 4.78 is 7.08. The van der Waals surface area contributed by atoms with Crippen LogP contribution in [0, 0.1) is 13.8 Å². The number of thiophene rings is 1. The predicted octanol–water partition coefficient (Wildman–Crippen LogP) is 3.28. The van der Waals surface area contributed by atoms with Crippen LogP contribution in [0.1, 0.15) is 46.3 Å². The lowest BCUT2D eigenvalue weighted by Crippen LogP contribution is -2.14. The molecule has 24 heavy (non-hydrogen) atoms. The molecule has 1 saturated carbocycles. The predicted molar refractivity (Wildman–Crippen MR) is 90.2 cm³/mol. The lowest BCUT2D eigenvalue weighted by molar-refractivity contribution is 0.102. The maximum atomic E-state index is 12.6. The summed E-state index contributed by atoms with van der Waals surface area (Å²) in [6, 6.07) is 1.85. The van der Waals surface area contributed by atoms with Crippen LogP contribution < -0.4 is 5.32 Å². The number of rotatable bonds is 4. The van der Waals surface area contributed by atoms with E-state index in [2.05, 4.69) is 20.6 Å². The SMILES string of the molecule is Cc1nn(C)c(C)c1C(=O)Nc1ccsc1-c1nc(C2CC2)no1. The smallest absolute Gasteiger partial charge is 0.270 e. The molecule has 0 atom stereocenters. The van der Waals surface area contributed by atoms with Crippen molar-refractivity contribution in [2.75, 3.05) is 5.32 Å². The molecule has 0 aliphatic heterocycles. The van der Waals surface area contributed by atoms with Gasteiger partial charge in [0.05, 0.1) is 16.9 Å². The molecule has 1 aliphatic carbocycles.